The smallest absolute Gasteiger partial charge is 0.319 e. The minimum Gasteiger partial charge on any atom is -0.386 e. The second kappa shape index (κ2) is 7.45. The Balaban J connectivity index is 1.93. The SMILES string of the molecule is O=C(NC[C@@H](O)c1ccccc1F)Nc1cc(Cl)ccc1Cl. The van der Waals surface area contributed by atoms with E-state index in [-0.39, 0.29) is 12.1 Å². The van der Waals surface area contributed by atoms with E-state index in [1.54, 1.807) is 18.2 Å². The Morgan fingerprint density at radius 2 is 1.95 bits per heavy atom. The van der Waals surface area contributed by atoms with Gasteiger partial charge in [0.05, 0.1) is 16.8 Å². The molecule has 2 amide bonds. The van der Waals surface area contributed by atoms with E-state index in [0.717, 1.165) is 0 Å². The number of rotatable bonds is 4. The number of benzene rings is 2. The maximum atomic E-state index is 13.5. The fourth-order valence-electron chi connectivity index (χ4n) is 1.80. The molecule has 0 fully saturated rings. The first-order valence-corrected chi connectivity index (χ1v) is 7.15. The highest BCUT2D eigenvalue weighted by Crippen LogP contribution is 2.25. The van der Waals surface area contributed by atoms with E-state index in [2.05, 4.69) is 10.6 Å². The van der Waals surface area contributed by atoms with Crippen LogP contribution in [0.2, 0.25) is 10.0 Å². The highest BCUT2D eigenvalue weighted by atomic mass is 35.5. The van der Waals surface area contributed by atoms with Gasteiger partial charge in [0.15, 0.2) is 0 Å². The van der Waals surface area contributed by atoms with Gasteiger partial charge in [-0.1, -0.05) is 41.4 Å². The van der Waals surface area contributed by atoms with Gasteiger partial charge < -0.3 is 15.7 Å². The fraction of sp³-hybridized carbons (Fsp3) is 0.133. The van der Waals surface area contributed by atoms with Gasteiger partial charge in [0.1, 0.15) is 5.82 Å². The van der Waals surface area contributed by atoms with Gasteiger partial charge in [-0.2, -0.15) is 0 Å². The van der Waals surface area contributed by atoms with E-state index >= 15 is 0 Å². The number of amides is 2. The van der Waals surface area contributed by atoms with E-state index < -0.39 is 18.0 Å². The Morgan fingerprint density at radius 3 is 2.68 bits per heavy atom. The summed E-state index contributed by atoms with van der Waals surface area (Å²) in [5, 5.41) is 15.6. The summed E-state index contributed by atoms with van der Waals surface area (Å²) in [4.78, 5) is 11.8. The monoisotopic (exact) mass is 342 g/mol. The zero-order valence-electron chi connectivity index (χ0n) is 11.3. The number of aliphatic hydroxyl groups excluding tert-OH is 1. The topological polar surface area (TPSA) is 61.4 Å². The van der Waals surface area contributed by atoms with E-state index in [1.807, 2.05) is 0 Å². The Morgan fingerprint density at radius 1 is 1.23 bits per heavy atom. The zero-order valence-corrected chi connectivity index (χ0v) is 12.8. The summed E-state index contributed by atoms with van der Waals surface area (Å²) in [6.45, 7) is -0.148. The van der Waals surface area contributed by atoms with Crippen LogP contribution in [-0.2, 0) is 0 Å². The standard InChI is InChI=1S/C15H13Cl2FN2O2/c16-9-5-6-11(17)13(7-9)20-15(22)19-8-14(21)10-3-1-2-4-12(10)18/h1-7,14,21H,8H2,(H2,19,20,22)/t14-/m1/s1. The molecular weight excluding hydrogens is 330 g/mol. The molecule has 2 aromatic rings. The summed E-state index contributed by atoms with van der Waals surface area (Å²) in [6, 6.07) is 9.87. The van der Waals surface area contributed by atoms with E-state index in [4.69, 9.17) is 23.2 Å². The van der Waals surface area contributed by atoms with Gasteiger partial charge in [0.25, 0.3) is 0 Å². The summed E-state index contributed by atoms with van der Waals surface area (Å²) in [5.74, 6) is -0.532. The van der Waals surface area contributed by atoms with Crippen molar-refractivity contribution in [2.45, 2.75) is 6.10 Å². The lowest BCUT2D eigenvalue weighted by molar-refractivity contribution is 0.170. The van der Waals surface area contributed by atoms with Crippen LogP contribution in [0.25, 0.3) is 0 Å². The largest absolute Gasteiger partial charge is 0.386 e. The number of hydrogen-bond donors (Lipinski definition) is 3. The molecule has 4 nitrogen and oxygen atoms in total. The first-order valence-electron chi connectivity index (χ1n) is 6.40. The molecule has 0 aliphatic rings. The first kappa shape index (κ1) is 16.5. The quantitative estimate of drug-likeness (QED) is 0.786. The van der Waals surface area contributed by atoms with Gasteiger partial charge in [-0.25, -0.2) is 9.18 Å². The van der Waals surface area contributed by atoms with Gasteiger partial charge in [-0.05, 0) is 24.3 Å². The number of halogens is 3. The third kappa shape index (κ3) is 4.34. The predicted molar refractivity (Wildman–Crippen MR) is 84.8 cm³/mol. The lowest BCUT2D eigenvalue weighted by Gasteiger charge is -2.14. The van der Waals surface area contributed by atoms with Crippen LogP contribution in [0.1, 0.15) is 11.7 Å². The third-order valence-electron chi connectivity index (χ3n) is 2.90. The molecule has 2 aromatic carbocycles. The number of nitrogens with one attached hydrogen (secondary N) is 2. The predicted octanol–water partition coefficient (Wildman–Crippen LogP) is 3.99. The average Bonchev–Trinajstić information content (AvgIpc) is 2.49. The van der Waals surface area contributed by atoms with Crippen molar-refractivity contribution >= 4 is 34.9 Å². The molecule has 0 heterocycles. The van der Waals surface area contributed by atoms with Crippen molar-refractivity contribution < 1.29 is 14.3 Å². The maximum Gasteiger partial charge on any atom is 0.319 e. The summed E-state index contributed by atoms with van der Waals surface area (Å²) >= 11 is 11.7. The molecule has 1 atom stereocenters. The van der Waals surface area contributed by atoms with Gasteiger partial charge in [0, 0.05) is 17.1 Å². The van der Waals surface area contributed by atoms with E-state index in [0.29, 0.717) is 15.7 Å². The number of urea groups is 1. The molecule has 0 unspecified atom stereocenters. The summed E-state index contributed by atoms with van der Waals surface area (Å²) in [7, 11) is 0. The van der Waals surface area contributed by atoms with Crippen LogP contribution in [-0.4, -0.2) is 17.7 Å². The van der Waals surface area contributed by atoms with E-state index in [9.17, 15) is 14.3 Å². The molecule has 0 saturated carbocycles. The lowest BCUT2D eigenvalue weighted by Crippen LogP contribution is -2.32. The number of carbonyl (C=O) groups excluding carboxylic acids is 1. The average molecular weight is 343 g/mol. The first-order chi connectivity index (χ1) is 10.5. The molecule has 2 rings (SSSR count). The lowest BCUT2D eigenvalue weighted by atomic mass is 10.1. The van der Waals surface area contributed by atoms with E-state index in [1.165, 1.54) is 24.3 Å². The normalized spacial score (nSPS) is 11.8. The summed E-state index contributed by atoms with van der Waals surface area (Å²) in [5.41, 5.74) is 0.454. The van der Waals surface area contributed by atoms with Crippen molar-refractivity contribution in [3.05, 3.63) is 63.9 Å². The molecule has 0 saturated heterocycles. The van der Waals surface area contributed by atoms with Gasteiger partial charge in [-0.15, -0.1) is 0 Å². The minimum absolute atomic E-state index is 0.114. The van der Waals surface area contributed by atoms with Crippen LogP contribution in [0.4, 0.5) is 14.9 Å². The molecule has 3 N–H and O–H groups in total. The summed E-state index contributed by atoms with van der Waals surface area (Å²) in [6.07, 6.45) is -1.15. The summed E-state index contributed by atoms with van der Waals surface area (Å²) < 4.78 is 13.5. The van der Waals surface area contributed by atoms with Crippen molar-refractivity contribution in [1.82, 2.24) is 5.32 Å². The third-order valence-corrected chi connectivity index (χ3v) is 3.46. The Kier molecular flexibility index (Phi) is 5.60. The number of carbonyl (C=O) groups is 1. The molecule has 22 heavy (non-hydrogen) atoms. The van der Waals surface area contributed by atoms with Crippen molar-refractivity contribution in [1.29, 1.82) is 0 Å². The molecule has 0 aromatic heterocycles. The molecule has 0 spiro atoms. The molecular formula is C15H13Cl2FN2O2. The molecule has 0 aliphatic carbocycles. The van der Waals surface area contributed by atoms with Crippen LogP contribution in [0, 0.1) is 5.82 Å². The number of aliphatic hydroxyl groups is 1. The van der Waals surface area contributed by atoms with Gasteiger partial charge in [0.2, 0.25) is 0 Å². The second-order valence-electron chi connectivity index (χ2n) is 4.50. The second-order valence-corrected chi connectivity index (χ2v) is 5.34. The van der Waals surface area contributed by atoms with Crippen LogP contribution in [0.3, 0.4) is 0 Å². The molecule has 0 radical (unpaired) electrons. The van der Waals surface area contributed by atoms with Crippen LogP contribution < -0.4 is 10.6 Å². The number of hydrogen-bond acceptors (Lipinski definition) is 2. The molecule has 0 aliphatic heterocycles. The van der Waals surface area contributed by atoms with Crippen molar-refractivity contribution in [3.8, 4) is 0 Å². The highest BCUT2D eigenvalue weighted by Gasteiger charge is 2.14. The van der Waals surface area contributed by atoms with Gasteiger partial charge in [-0.3, -0.25) is 0 Å². The fourth-order valence-corrected chi connectivity index (χ4v) is 2.14. The minimum atomic E-state index is -1.15. The van der Waals surface area contributed by atoms with Crippen LogP contribution in [0.15, 0.2) is 42.5 Å². The molecule has 0 bridgehead atoms. The Labute approximate surface area is 136 Å². The van der Waals surface area contributed by atoms with Crippen molar-refractivity contribution in [3.63, 3.8) is 0 Å². The highest BCUT2D eigenvalue weighted by molar-refractivity contribution is 6.35. The molecule has 7 heteroatoms. The molecule has 116 valence electrons. The Hall–Kier alpha value is -1.82. The number of anilines is 1. The van der Waals surface area contributed by atoms with Crippen LogP contribution in [0.5, 0.6) is 0 Å². The van der Waals surface area contributed by atoms with Gasteiger partial charge >= 0.3 is 6.03 Å². The van der Waals surface area contributed by atoms with Crippen molar-refractivity contribution in [2.24, 2.45) is 0 Å². The zero-order chi connectivity index (χ0) is 16.1. The maximum absolute atomic E-state index is 13.5. The van der Waals surface area contributed by atoms with Crippen molar-refractivity contribution in [2.75, 3.05) is 11.9 Å². The Bertz CT molecular complexity index is 682. The van der Waals surface area contributed by atoms with Crippen LogP contribution >= 0.6 is 23.2 Å².